The molecule has 2 rings (SSSR count). The number of nitrogens with two attached hydrogens (primary N) is 1. The molecule has 0 spiro atoms. The van der Waals surface area contributed by atoms with Gasteiger partial charge in [-0.25, -0.2) is 4.79 Å². The van der Waals surface area contributed by atoms with Crippen LogP contribution in [0.4, 0.5) is 10.5 Å². The van der Waals surface area contributed by atoms with Crippen LogP contribution in [-0.4, -0.2) is 12.1 Å². The quantitative estimate of drug-likeness (QED) is 0.789. The molecule has 21 heavy (non-hydrogen) atoms. The molecule has 0 aliphatic heterocycles. The molecule has 1 aromatic rings. The zero-order valence-corrected chi connectivity index (χ0v) is 13.1. The lowest BCUT2D eigenvalue weighted by atomic mass is 9.83. The van der Waals surface area contributed by atoms with E-state index in [-0.39, 0.29) is 12.1 Å². The maximum absolute atomic E-state index is 12.2. The number of anilines is 1. The van der Waals surface area contributed by atoms with Crippen molar-refractivity contribution in [2.24, 2.45) is 11.7 Å². The van der Waals surface area contributed by atoms with Crippen molar-refractivity contribution in [2.45, 2.75) is 58.0 Å². The van der Waals surface area contributed by atoms with E-state index >= 15 is 0 Å². The van der Waals surface area contributed by atoms with Gasteiger partial charge in [0.2, 0.25) is 0 Å². The van der Waals surface area contributed by atoms with Crippen molar-refractivity contribution in [1.29, 1.82) is 0 Å². The summed E-state index contributed by atoms with van der Waals surface area (Å²) in [5.41, 5.74) is 7.69. The molecule has 0 heterocycles. The molecule has 1 fully saturated rings. The van der Waals surface area contributed by atoms with Crippen LogP contribution in [0, 0.1) is 5.92 Å². The molecule has 1 aliphatic carbocycles. The highest BCUT2D eigenvalue weighted by Gasteiger charge is 2.24. The van der Waals surface area contributed by atoms with Crippen molar-refractivity contribution >= 4 is 11.7 Å². The van der Waals surface area contributed by atoms with Gasteiger partial charge < -0.3 is 16.4 Å². The zero-order chi connectivity index (χ0) is 15.2. The lowest BCUT2D eigenvalue weighted by Gasteiger charge is -2.31. The van der Waals surface area contributed by atoms with Crippen LogP contribution in [-0.2, 0) is 0 Å². The number of carbonyl (C=O) groups is 1. The summed E-state index contributed by atoms with van der Waals surface area (Å²) in [7, 11) is 0. The number of carbonyl (C=O) groups excluding carboxylic acids is 1. The second-order valence-corrected chi connectivity index (χ2v) is 6.07. The van der Waals surface area contributed by atoms with Crippen molar-refractivity contribution in [3.05, 3.63) is 29.8 Å². The van der Waals surface area contributed by atoms with E-state index < -0.39 is 0 Å². The number of hydrogen-bond acceptors (Lipinski definition) is 2. The van der Waals surface area contributed by atoms with E-state index in [1.54, 1.807) is 0 Å². The Labute approximate surface area is 127 Å². The first-order valence-corrected chi connectivity index (χ1v) is 8.03. The Bertz CT molecular complexity index is 473. The molecule has 0 radical (unpaired) electrons. The van der Waals surface area contributed by atoms with E-state index in [2.05, 4.69) is 17.6 Å². The Morgan fingerprint density at radius 3 is 2.86 bits per heavy atom. The molecule has 0 bridgehead atoms. The van der Waals surface area contributed by atoms with Crippen molar-refractivity contribution < 1.29 is 4.79 Å². The highest BCUT2D eigenvalue weighted by Crippen LogP contribution is 2.26. The van der Waals surface area contributed by atoms with Crippen molar-refractivity contribution in [3.63, 3.8) is 0 Å². The molecule has 3 atom stereocenters. The van der Waals surface area contributed by atoms with Crippen molar-refractivity contribution in [1.82, 2.24) is 5.32 Å². The summed E-state index contributed by atoms with van der Waals surface area (Å²) < 4.78 is 0. The summed E-state index contributed by atoms with van der Waals surface area (Å²) in [5, 5.41) is 6.06. The van der Waals surface area contributed by atoms with Gasteiger partial charge in [0.25, 0.3) is 0 Å². The van der Waals surface area contributed by atoms with E-state index in [9.17, 15) is 4.79 Å². The standard InChI is InChI=1S/C17H27N3O/c1-3-13-7-4-5-10-16(13)20-17(21)19-15-9-6-8-14(11-15)12(2)18/h6,8-9,11-13,16H,3-5,7,10,18H2,1-2H3,(H2,19,20,21). The normalized spacial score (nSPS) is 23.4. The first kappa shape index (κ1) is 15.8. The third-order valence-electron chi connectivity index (χ3n) is 4.42. The van der Waals surface area contributed by atoms with Gasteiger partial charge in [-0.15, -0.1) is 0 Å². The maximum atomic E-state index is 12.2. The Kier molecular flexibility index (Phi) is 5.62. The topological polar surface area (TPSA) is 67.2 Å². The smallest absolute Gasteiger partial charge is 0.319 e. The van der Waals surface area contributed by atoms with E-state index in [1.165, 1.54) is 19.3 Å². The summed E-state index contributed by atoms with van der Waals surface area (Å²) in [6.45, 7) is 4.14. The number of amides is 2. The molecule has 0 aromatic heterocycles. The molecule has 4 N–H and O–H groups in total. The second kappa shape index (κ2) is 7.46. The zero-order valence-electron chi connectivity index (χ0n) is 13.1. The number of urea groups is 1. The molecule has 2 amide bonds. The monoisotopic (exact) mass is 289 g/mol. The molecule has 4 nitrogen and oxygen atoms in total. The van der Waals surface area contributed by atoms with Crippen LogP contribution in [0.2, 0.25) is 0 Å². The van der Waals surface area contributed by atoms with Crippen molar-refractivity contribution in [2.75, 3.05) is 5.32 Å². The van der Waals surface area contributed by atoms with E-state index in [1.807, 2.05) is 31.2 Å². The summed E-state index contributed by atoms with van der Waals surface area (Å²) >= 11 is 0. The molecular weight excluding hydrogens is 262 g/mol. The fraction of sp³-hybridized carbons (Fsp3) is 0.588. The summed E-state index contributed by atoms with van der Waals surface area (Å²) in [6.07, 6.45) is 5.94. The molecule has 0 saturated heterocycles. The van der Waals surface area contributed by atoms with Gasteiger partial charge >= 0.3 is 6.03 Å². The number of hydrogen-bond donors (Lipinski definition) is 3. The highest BCUT2D eigenvalue weighted by molar-refractivity contribution is 5.89. The average molecular weight is 289 g/mol. The van der Waals surface area contributed by atoms with Gasteiger partial charge in [0.05, 0.1) is 0 Å². The van der Waals surface area contributed by atoms with Gasteiger partial charge in [-0.05, 0) is 43.4 Å². The fourth-order valence-electron chi connectivity index (χ4n) is 3.12. The van der Waals surface area contributed by atoms with Gasteiger partial charge in [-0.3, -0.25) is 0 Å². The van der Waals surface area contributed by atoms with Gasteiger partial charge in [0, 0.05) is 17.8 Å². The van der Waals surface area contributed by atoms with Gasteiger partial charge in [-0.1, -0.05) is 38.3 Å². The van der Waals surface area contributed by atoms with Crippen LogP contribution in [0.1, 0.15) is 57.6 Å². The maximum Gasteiger partial charge on any atom is 0.319 e. The molecule has 1 saturated carbocycles. The second-order valence-electron chi connectivity index (χ2n) is 6.07. The lowest BCUT2D eigenvalue weighted by Crippen LogP contribution is -2.43. The third-order valence-corrected chi connectivity index (χ3v) is 4.42. The van der Waals surface area contributed by atoms with Crippen LogP contribution in [0.3, 0.4) is 0 Å². The Morgan fingerprint density at radius 2 is 2.14 bits per heavy atom. The molecule has 3 unspecified atom stereocenters. The Morgan fingerprint density at radius 1 is 1.38 bits per heavy atom. The predicted octanol–water partition coefficient (Wildman–Crippen LogP) is 3.80. The first-order chi connectivity index (χ1) is 10.1. The molecular formula is C17H27N3O. The minimum absolute atomic E-state index is 0.0300. The van der Waals surface area contributed by atoms with E-state index in [0.29, 0.717) is 12.0 Å². The number of rotatable bonds is 4. The Hall–Kier alpha value is -1.55. The minimum atomic E-state index is -0.109. The van der Waals surface area contributed by atoms with Crippen LogP contribution in [0.15, 0.2) is 24.3 Å². The van der Waals surface area contributed by atoms with Crippen LogP contribution >= 0.6 is 0 Å². The molecule has 1 aromatic carbocycles. The third kappa shape index (κ3) is 4.46. The van der Waals surface area contributed by atoms with Crippen LogP contribution in [0.25, 0.3) is 0 Å². The number of nitrogens with one attached hydrogen (secondary N) is 2. The first-order valence-electron chi connectivity index (χ1n) is 8.03. The van der Waals surface area contributed by atoms with Gasteiger partial charge in [0.15, 0.2) is 0 Å². The largest absolute Gasteiger partial charge is 0.335 e. The summed E-state index contributed by atoms with van der Waals surface area (Å²) in [5.74, 6) is 0.611. The molecule has 4 heteroatoms. The minimum Gasteiger partial charge on any atom is -0.335 e. The lowest BCUT2D eigenvalue weighted by molar-refractivity contribution is 0.226. The highest BCUT2D eigenvalue weighted by atomic mass is 16.2. The molecule has 116 valence electrons. The van der Waals surface area contributed by atoms with Crippen molar-refractivity contribution in [3.8, 4) is 0 Å². The summed E-state index contributed by atoms with van der Waals surface area (Å²) in [6, 6.07) is 7.89. The van der Waals surface area contributed by atoms with Gasteiger partial charge in [-0.2, -0.15) is 0 Å². The van der Waals surface area contributed by atoms with E-state index in [4.69, 9.17) is 5.73 Å². The number of benzene rings is 1. The Balaban J connectivity index is 1.93. The van der Waals surface area contributed by atoms with Crippen LogP contribution in [0.5, 0.6) is 0 Å². The molecule has 1 aliphatic rings. The fourth-order valence-corrected chi connectivity index (χ4v) is 3.12. The van der Waals surface area contributed by atoms with E-state index in [0.717, 1.165) is 24.1 Å². The van der Waals surface area contributed by atoms with Crippen LogP contribution < -0.4 is 16.4 Å². The summed E-state index contributed by atoms with van der Waals surface area (Å²) in [4.78, 5) is 12.2. The average Bonchev–Trinajstić information content (AvgIpc) is 2.48. The predicted molar refractivity (Wildman–Crippen MR) is 87.2 cm³/mol. The van der Waals surface area contributed by atoms with Gasteiger partial charge in [0.1, 0.15) is 0 Å². The SMILES string of the molecule is CCC1CCCCC1NC(=O)Nc1cccc(C(C)N)c1.